The van der Waals surface area contributed by atoms with E-state index in [1.54, 1.807) is 0 Å². The van der Waals surface area contributed by atoms with Gasteiger partial charge < -0.3 is 15.7 Å². The first-order valence-corrected chi connectivity index (χ1v) is 7.63. The van der Waals surface area contributed by atoms with Crippen LogP contribution in [0.1, 0.15) is 58.8 Å². The second kappa shape index (κ2) is 5.48. The zero-order valence-electron chi connectivity index (χ0n) is 12.1. The molecule has 0 aromatic rings. The fourth-order valence-electron chi connectivity index (χ4n) is 3.91. The van der Waals surface area contributed by atoms with E-state index in [1.165, 1.54) is 51.6 Å². The van der Waals surface area contributed by atoms with Crippen LogP contribution in [0.5, 0.6) is 0 Å². The molecule has 1 heterocycles. The van der Waals surface area contributed by atoms with E-state index in [4.69, 9.17) is 5.73 Å². The lowest BCUT2D eigenvalue weighted by molar-refractivity contribution is 0.0109. The number of hydrogen-bond acceptors (Lipinski definition) is 3. The number of aliphatic hydroxyl groups is 1. The predicted molar refractivity (Wildman–Crippen MR) is 75.5 cm³/mol. The van der Waals surface area contributed by atoms with Gasteiger partial charge in [-0.15, -0.1) is 0 Å². The molecule has 18 heavy (non-hydrogen) atoms. The monoisotopic (exact) mass is 254 g/mol. The molecule has 1 aliphatic carbocycles. The van der Waals surface area contributed by atoms with Gasteiger partial charge in [0.25, 0.3) is 0 Å². The molecule has 2 aliphatic rings. The van der Waals surface area contributed by atoms with Crippen molar-refractivity contribution >= 4 is 0 Å². The van der Waals surface area contributed by atoms with Crippen LogP contribution in [0.2, 0.25) is 0 Å². The topological polar surface area (TPSA) is 49.5 Å². The van der Waals surface area contributed by atoms with Crippen LogP contribution < -0.4 is 5.73 Å². The van der Waals surface area contributed by atoms with E-state index < -0.39 is 5.60 Å². The standard InChI is InChI=1S/C15H30N2O/c1-13(11-14(2,18)12-16)17-9-7-15(8-10-17)5-3-4-6-15/h13,18H,3-12,16H2,1-2H3. The number of piperidine rings is 1. The van der Waals surface area contributed by atoms with Crippen LogP contribution in [0.25, 0.3) is 0 Å². The number of nitrogens with two attached hydrogens (primary N) is 1. The smallest absolute Gasteiger partial charge is 0.0756 e. The Labute approximate surface area is 112 Å². The van der Waals surface area contributed by atoms with E-state index in [9.17, 15) is 5.11 Å². The molecule has 106 valence electrons. The zero-order chi connectivity index (χ0) is 13.2. The lowest BCUT2D eigenvalue weighted by Gasteiger charge is -2.43. The van der Waals surface area contributed by atoms with Crippen LogP contribution in [-0.4, -0.2) is 41.3 Å². The molecule has 3 N–H and O–H groups in total. The molecule has 3 heteroatoms. The van der Waals surface area contributed by atoms with Crippen molar-refractivity contribution in [2.24, 2.45) is 11.1 Å². The SMILES string of the molecule is CC(CC(C)(O)CN)N1CCC2(CCCC2)CC1. The van der Waals surface area contributed by atoms with Crippen molar-refractivity contribution in [2.75, 3.05) is 19.6 Å². The van der Waals surface area contributed by atoms with Crippen LogP contribution in [0.4, 0.5) is 0 Å². The maximum absolute atomic E-state index is 10.1. The molecule has 0 bridgehead atoms. The third-order valence-electron chi connectivity index (χ3n) is 5.32. The van der Waals surface area contributed by atoms with Gasteiger partial charge in [0, 0.05) is 12.6 Å². The Morgan fingerprint density at radius 1 is 1.22 bits per heavy atom. The Kier molecular flexibility index (Phi) is 4.35. The summed E-state index contributed by atoms with van der Waals surface area (Å²) in [6.45, 7) is 6.86. The summed E-state index contributed by atoms with van der Waals surface area (Å²) in [5.41, 5.74) is 5.59. The molecule has 1 saturated heterocycles. The van der Waals surface area contributed by atoms with Crippen molar-refractivity contribution in [3.63, 3.8) is 0 Å². The summed E-state index contributed by atoms with van der Waals surface area (Å²) in [7, 11) is 0. The first-order chi connectivity index (χ1) is 8.46. The molecule has 2 rings (SSSR count). The van der Waals surface area contributed by atoms with Gasteiger partial charge in [0.2, 0.25) is 0 Å². The van der Waals surface area contributed by atoms with Gasteiger partial charge in [0.15, 0.2) is 0 Å². The summed E-state index contributed by atoms with van der Waals surface area (Å²) < 4.78 is 0. The van der Waals surface area contributed by atoms with Gasteiger partial charge in [-0.05, 0) is 64.5 Å². The highest BCUT2D eigenvalue weighted by molar-refractivity contribution is 4.91. The Balaban J connectivity index is 1.82. The van der Waals surface area contributed by atoms with Crippen molar-refractivity contribution in [2.45, 2.75) is 70.4 Å². The molecular weight excluding hydrogens is 224 g/mol. The summed E-state index contributed by atoms with van der Waals surface area (Å²) in [6, 6.07) is 0.447. The summed E-state index contributed by atoms with van der Waals surface area (Å²) in [6.07, 6.45) is 9.31. The van der Waals surface area contributed by atoms with Crippen LogP contribution in [0.3, 0.4) is 0 Å². The first kappa shape index (κ1) is 14.3. The quantitative estimate of drug-likeness (QED) is 0.808. The van der Waals surface area contributed by atoms with Gasteiger partial charge in [0.1, 0.15) is 0 Å². The first-order valence-electron chi connectivity index (χ1n) is 7.63. The van der Waals surface area contributed by atoms with Crippen LogP contribution >= 0.6 is 0 Å². The van der Waals surface area contributed by atoms with Gasteiger partial charge >= 0.3 is 0 Å². The molecule has 1 spiro atoms. The molecule has 0 aromatic heterocycles. The molecule has 1 saturated carbocycles. The molecule has 0 aromatic carbocycles. The van der Waals surface area contributed by atoms with Gasteiger partial charge in [-0.1, -0.05) is 12.8 Å². The Hall–Kier alpha value is -0.120. The summed E-state index contributed by atoms with van der Waals surface area (Å²) >= 11 is 0. The van der Waals surface area contributed by atoms with Crippen molar-refractivity contribution < 1.29 is 5.11 Å². The second-order valence-electron chi connectivity index (χ2n) is 7.00. The Bertz CT molecular complexity index is 262. The van der Waals surface area contributed by atoms with Gasteiger partial charge in [-0.3, -0.25) is 0 Å². The zero-order valence-corrected chi connectivity index (χ0v) is 12.1. The highest BCUT2D eigenvalue weighted by atomic mass is 16.3. The van der Waals surface area contributed by atoms with E-state index in [2.05, 4.69) is 11.8 Å². The number of hydrogen-bond donors (Lipinski definition) is 2. The molecule has 2 atom stereocenters. The molecule has 3 nitrogen and oxygen atoms in total. The molecule has 1 aliphatic heterocycles. The van der Waals surface area contributed by atoms with E-state index in [-0.39, 0.29) is 0 Å². The van der Waals surface area contributed by atoms with Crippen LogP contribution in [0.15, 0.2) is 0 Å². The van der Waals surface area contributed by atoms with Gasteiger partial charge in [0.05, 0.1) is 5.60 Å². The van der Waals surface area contributed by atoms with Crippen molar-refractivity contribution in [3.05, 3.63) is 0 Å². The fraction of sp³-hybridized carbons (Fsp3) is 1.00. The van der Waals surface area contributed by atoms with Crippen LogP contribution in [-0.2, 0) is 0 Å². The van der Waals surface area contributed by atoms with E-state index in [0.29, 0.717) is 18.0 Å². The average Bonchev–Trinajstić information content (AvgIpc) is 2.78. The maximum atomic E-state index is 10.1. The number of rotatable bonds is 4. The Morgan fingerprint density at radius 2 is 1.78 bits per heavy atom. The van der Waals surface area contributed by atoms with Gasteiger partial charge in [-0.2, -0.15) is 0 Å². The number of likely N-dealkylation sites (tertiary alicyclic amines) is 1. The minimum atomic E-state index is -0.706. The largest absolute Gasteiger partial charge is 0.389 e. The lowest BCUT2D eigenvalue weighted by atomic mass is 9.76. The normalized spacial score (nSPS) is 29.3. The molecule has 0 amide bonds. The summed E-state index contributed by atoms with van der Waals surface area (Å²) in [5, 5.41) is 10.1. The Morgan fingerprint density at radius 3 is 2.28 bits per heavy atom. The molecule has 2 fully saturated rings. The van der Waals surface area contributed by atoms with Crippen molar-refractivity contribution in [1.82, 2.24) is 4.90 Å². The molecule has 0 radical (unpaired) electrons. The molecular formula is C15H30N2O. The minimum Gasteiger partial charge on any atom is -0.389 e. The van der Waals surface area contributed by atoms with Gasteiger partial charge in [-0.25, -0.2) is 0 Å². The highest BCUT2D eigenvalue weighted by Crippen LogP contribution is 2.46. The van der Waals surface area contributed by atoms with Crippen molar-refractivity contribution in [3.8, 4) is 0 Å². The maximum Gasteiger partial charge on any atom is 0.0756 e. The summed E-state index contributed by atoms with van der Waals surface area (Å²) in [5.74, 6) is 0. The average molecular weight is 254 g/mol. The van der Waals surface area contributed by atoms with E-state index >= 15 is 0 Å². The third-order valence-corrected chi connectivity index (χ3v) is 5.32. The number of nitrogens with zero attached hydrogens (tertiary/aromatic N) is 1. The highest BCUT2D eigenvalue weighted by Gasteiger charge is 2.38. The van der Waals surface area contributed by atoms with Crippen LogP contribution in [0, 0.1) is 5.41 Å². The predicted octanol–water partition coefficient (Wildman–Crippen LogP) is 2.13. The second-order valence-corrected chi connectivity index (χ2v) is 7.00. The fourth-order valence-corrected chi connectivity index (χ4v) is 3.91. The van der Waals surface area contributed by atoms with Crippen molar-refractivity contribution in [1.29, 1.82) is 0 Å². The molecule has 2 unspecified atom stereocenters. The lowest BCUT2D eigenvalue weighted by Crippen LogP contribution is -2.47. The summed E-state index contributed by atoms with van der Waals surface area (Å²) in [4.78, 5) is 2.55. The van der Waals surface area contributed by atoms with E-state index in [0.717, 1.165) is 6.42 Å². The minimum absolute atomic E-state index is 0.356. The van der Waals surface area contributed by atoms with E-state index in [1.807, 2.05) is 6.92 Å². The third kappa shape index (κ3) is 3.25.